The van der Waals surface area contributed by atoms with Crippen molar-refractivity contribution in [1.82, 2.24) is 9.38 Å². The number of aromatic nitrogens is 2. The van der Waals surface area contributed by atoms with E-state index in [1.54, 1.807) is 0 Å². The number of nitrogens with zero attached hydrogens (tertiary/aromatic N) is 3. The zero-order valence-electron chi connectivity index (χ0n) is 13.1. The summed E-state index contributed by atoms with van der Waals surface area (Å²) in [4.78, 5) is 4.56. The monoisotopic (exact) mass is 426 g/mol. The summed E-state index contributed by atoms with van der Waals surface area (Å²) in [5, 5.41) is 6.81. The summed E-state index contributed by atoms with van der Waals surface area (Å²) < 4.78 is 3.22. The highest BCUT2D eigenvalue weighted by molar-refractivity contribution is 14.1. The van der Waals surface area contributed by atoms with Gasteiger partial charge in [-0.3, -0.25) is 9.83 Å². The number of benzene rings is 2. The molecule has 2 aromatic carbocycles. The molecule has 0 aliphatic carbocycles. The van der Waals surface area contributed by atoms with E-state index in [0.29, 0.717) is 0 Å². The van der Waals surface area contributed by atoms with Gasteiger partial charge in [0.2, 0.25) is 0 Å². The lowest BCUT2D eigenvalue weighted by atomic mass is 10.1. The van der Waals surface area contributed by atoms with E-state index in [2.05, 4.69) is 79.0 Å². The number of imidazole rings is 1. The molecule has 2 aromatic heterocycles. The van der Waals surface area contributed by atoms with E-state index in [-0.39, 0.29) is 0 Å². The quantitative estimate of drug-likeness (QED) is 0.289. The summed E-state index contributed by atoms with van der Waals surface area (Å²) >= 11 is 2.30. The molecule has 0 saturated carbocycles. The molecule has 0 spiro atoms. The van der Waals surface area contributed by atoms with Crippen LogP contribution in [0.15, 0.2) is 65.9 Å². The van der Waals surface area contributed by atoms with Crippen molar-refractivity contribution in [3.8, 4) is 0 Å². The van der Waals surface area contributed by atoms with Crippen LogP contribution < -0.4 is 5.43 Å². The summed E-state index contributed by atoms with van der Waals surface area (Å²) in [5.74, 6) is 0. The molecule has 0 bridgehead atoms. The molecule has 1 N–H and O–H groups in total. The summed E-state index contributed by atoms with van der Waals surface area (Å²) in [6.07, 6.45) is 3.88. The zero-order valence-corrected chi connectivity index (χ0v) is 15.2. The summed E-state index contributed by atoms with van der Waals surface area (Å²) in [6, 6.07) is 18.6. The van der Waals surface area contributed by atoms with Gasteiger partial charge in [-0.1, -0.05) is 30.3 Å². The Morgan fingerprint density at radius 3 is 2.79 bits per heavy atom. The van der Waals surface area contributed by atoms with Crippen molar-refractivity contribution in [3.05, 3.63) is 75.8 Å². The van der Waals surface area contributed by atoms with Gasteiger partial charge in [0, 0.05) is 9.77 Å². The van der Waals surface area contributed by atoms with Crippen LogP contribution in [0.2, 0.25) is 0 Å². The highest BCUT2D eigenvalue weighted by Crippen LogP contribution is 2.19. The number of halogens is 1. The molecule has 4 rings (SSSR count). The number of hydrazone groups is 1. The van der Waals surface area contributed by atoms with Crippen molar-refractivity contribution >= 4 is 50.9 Å². The second-order valence-electron chi connectivity index (χ2n) is 5.59. The lowest BCUT2D eigenvalue weighted by molar-refractivity contribution is 1.15. The van der Waals surface area contributed by atoms with E-state index in [1.165, 1.54) is 10.8 Å². The van der Waals surface area contributed by atoms with Crippen molar-refractivity contribution in [2.45, 2.75) is 6.92 Å². The van der Waals surface area contributed by atoms with E-state index >= 15 is 0 Å². The third-order valence-electron chi connectivity index (χ3n) is 3.93. The van der Waals surface area contributed by atoms with Crippen LogP contribution in [-0.4, -0.2) is 15.6 Å². The fraction of sp³-hybridized carbons (Fsp3) is 0.0526. The number of aryl methyl sites for hydroxylation is 1. The molecule has 0 fully saturated rings. The second-order valence-corrected chi connectivity index (χ2v) is 6.84. The van der Waals surface area contributed by atoms with Crippen LogP contribution in [0.3, 0.4) is 0 Å². The van der Waals surface area contributed by atoms with Gasteiger partial charge in [-0.05, 0) is 64.6 Å². The molecule has 0 aliphatic rings. The number of pyridine rings is 1. The normalized spacial score (nSPS) is 11.6. The zero-order chi connectivity index (χ0) is 16.5. The Bertz CT molecular complexity index is 1070. The molecule has 0 radical (unpaired) electrons. The molecule has 0 amide bonds. The van der Waals surface area contributed by atoms with Crippen LogP contribution in [0.4, 0.5) is 5.69 Å². The minimum absolute atomic E-state index is 0.931. The van der Waals surface area contributed by atoms with Gasteiger partial charge in [-0.25, -0.2) is 4.98 Å². The first-order valence-corrected chi connectivity index (χ1v) is 8.71. The Labute approximate surface area is 153 Å². The SMILES string of the molecule is Cc1nc2ccc(I)cn2c1/C=N/Nc1ccc2ccccc2c1. The molecule has 5 heteroatoms. The number of nitrogens with one attached hydrogen (secondary N) is 1. The molecule has 118 valence electrons. The molecule has 0 atom stereocenters. The van der Waals surface area contributed by atoms with Gasteiger partial charge >= 0.3 is 0 Å². The van der Waals surface area contributed by atoms with E-state index in [4.69, 9.17) is 0 Å². The largest absolute Gasteiger partial charge is 0.297 e. The summed E-state index contributed by atoms with van der Waals surface area (Å²) in [6.45, 7) is 2.00. The standard InChI is InChI=1S/C19H15IN4/c1-13-18(24-12-16(20)7-9-19(24)22-13)11-21-23-17-8-6-14-4-2-3-5-15(14)10-17/h2-12,23H,1H3/b21-11+. The van der Waals surface area contributed by atoms with Crippen LogP contribution in [0.1, 0.15) is 11.4 Å². The van der Waals surface area contributed by atoms with Gasteiger partial charge in [-0.15, -0.1) is 0 Å². The number of rotatable bonds is 3. The Hall–Kier alpha value is -2.41. The van der Waals surface area contributed by atoms with Crippen LogP contribution in [0.25, 0.3) is 16.4 Å². The second kappa shape index (κ2) is 6.24. The number of anilines is 1. The van der Waals surface area contributed by atoms with Crippen LogP contribution in [-0.2, 0) is 0 Å². The van der Waals surface area contributed by atoms with Gasteiger partial charge in [-0.2, -0.15) is 5.10 Å². The van der Waals surface area contributed by atoms with Crippen molar-refractivity contribution in [2.24, 2.45) is 5.10 Å². The first-order chi connectivity index (χ1) is 11.7. The highest BCUT2D eigenvalue weighted by Gasteiger charge is 2.06. The van der Waals surface area contributed by atoms with E-state index in [1.807, 2.05) is 37.4 Å². The van der Waals surface area contributed by atoms with E-state index in [9.17, 15) is 0 Å². The third-order valence-corrected chi connectivity index (χ3v) is 4.57. The summed E-state index contributed by atoms with van der Waals surface area (Å²) in [7, 11) is 0. The van der Waals surface area contributed by atoms with Gasteiger partial charge in [0.25, 0.3) is 0 Å². The Morgan fingerprint density at radius 2 is 1.92 bits per heavy atom. The molecular formula is C19H15IN4. The van der Waals surface area contributed by atoms with Crippen molar-refractivity contribution in [2.75, 3.05) is 5.43 Å². The Kier molecular flexibility index (Phi) is 3.93. The average Bonchev–Trinajstić information content (AvgIpc) is 2.90. The Balaban J connectivity index is 1.63. The van der Waals surface area contributed by atoms with Crippen molar-refractivity contribution in [3.63, 3.8) is 0 Å². The number of hydrogen-bond donors (Lipinski definition) is 1. The maximum absolute atomic E-state index is 4.56. The lowest BCUT2D eigenvalue weighted by Crippen LogP contribution is -1.96. The minimum Gasteiger partial charge on any atom is -0.297 e. The average molecular weight is 426 g/mol. The third kappa shape index (κ3) is 2.87. The van der Waals surface area contributed by atoms with Crippen molar-refractivity contribution < 1.29 is 0 Å². The summed E-state index contributed by atoms with van der Waals surface area (Å²) in [5.41, 5.74) is 6.95. The topological polar surface area (TPSA) is 41.7 Å². The minimum atomic E-state index is 0.931. The highest BCUT2D eigenvalue weighted by atomic mass is 127. The molecule has 0 unspecified atom stereocenters. The molecular weight excluding hydrogens is 411 g/mol. The number of fused-ring (bicyclic) bond motifs is 2. The van der Waals surface area contributed by atoms with Crippen LogP contribution in [0, 0.1) is 10.5 Å². The molecule has 4 aromatic rings. The van der Waals surface area contributed by atoms with E-state index < -0.39 is 0 Å². The van der Waals surface area contributed by atoms with E-state index in [0.717, 1.165) is 26.3 Å². The van der Waals surface area contributed by atoms with Gasteiger partial charge in [0.05, 0.1) is 23.3 Å². The molecule has 4 nitrogen and oxygen atoms in total. The fourth-order valence-electron chi connectivity index (χ4n) is 2.74. The fourth-order valence-corrected chi connectivity index (χ4v) is 3.20. The Morgan fingerprint density at radius 1 is 1.08 bits per heavy atom. The molecule has 0 saturated heterocycles. The number of hydrogen-bond acceptors (Lipinski definition) is 3. The first kappa shape index (κ1) is 15.1. The maximum atomic E-state index is 4.56. The first-order valence-electron chi connectivity index (χ1n) is 7.63. The van der Waals surface area contributed by atoms with Crippen LogP contribution >= 0.6 is 22.6 Å². The molecule has 0 aliphatic heterocycles. The maximum Gasteiger partial charge on any atom is 0.137 e. The predicted molar refractivity (Wildman–Crippen MR) is 108 cm³/mol. The van der Waals surface area contributed by atoms with Gasteiger partial charge in [0.1, 0.15) is 5.65 Å². The lowest BCUT2D eigenvalue weighted by Gasteiger charge is -2.03. The molecule has 24 heavy (non-hydrogen) atoms. The predicted octanol–water partition coefficient (Wildman–Crippen LogP) is 4.85. The molecule has 2 heterocycles. The van der Waals surface area contributed by atoms with Gasteiger partial charge < -0.3 is 0 Å². The smallest absolute Gasteiger partial charge is 0.137 e. The van der Waals surface area contributed by atoms with Crippen molar-refractivity contribution in [1.29, 1.82) is 0 Å². The van der Waals surface area contributed by atoms with Gasteiger partial charge in [0.15, 0.2) is 0 Å². The van der Waals surface area contributed by atoms with Crippen LogP contribution in [0.5, 0.6) is 0 Å².